The third kappa shape index (κ3) is 3.74. The molecular formula is C25H23N3O4. The Morgan fingerprint density at radius 3 is 2.19 bits per heavy atom. The molecule has 7 nitrogen and oxygen atoms in total. The Balaban J connectivity index is 2.46. The quantitative estimate of drug-likeness (QED) is 0.724. The first kappa shape index (κ1) is 22.4. The Bertz CT molecular complexity index is 1190. The van der Waals surface area contributed by atoms with Gasteiger partial charge in [0, 0.05) is 5.56 Å². The fraction of sp³-hybridized carbons (Fsp3) is 0.160. The van der Waals surface area contributed by atoms with Crippen molar-refractivity contribution in [3.05, 3.63) is 95.0 Å². The highest BCUT2D eigenvalue weighted by Crippen LogP contribution is 2.44. The number of esters is 2. The molecule has 0 aromatic heterocycles. The number of nitriles is 1. The van der Waals surface area contributed by atoms with Gasteiger partial charge in [0.15, 0.2) is 0 Å². The van der Waals surface area contributed by atoms with E-state index >= 15 is 0 Å². The second-order valence-corrected chi connectivity index (χ2v) is 7.13. The van der Waals surface area contributed by atoms with Crippen LogP contribution in [0.4, 0.5) is 5.69 Å². The molecule has 0 fully saturated rings. The van der Waals surface area contributed by atoms with E-state index in [-0.39, 0.29) is 22.7 Å². The van der Waals surface area contributed by atoms with Crippen LogP contribution in [0.2, 0.25) is 0 Å². The molecule has 1 aliphatic heterocycles. The lowest BCUT2D eigenvalue weighted by molar-refractivity contribution is -0.139. The highest BCUT2D eigenvalue weighted by atomic mass is 16.5. The van der Waals surface area contributed by atoms with Crippen LogP contribution in [0.3, 0.4) is 0 Å². The van der Waals surface area contributed by atoms with Crippen molar-refractivity contribution in [3.63, 3.8) is 0 Å². The molecule has 2 aromatic carbocycles. The minimum atomic E-state index is -0.906. The van der Waals surface area contributed by atoms with E-state index in [1.807, 2.05) is 25.1 Å². The topological polar surface area (TPSA) is 106 Å². The lowest BCUT2D eigenvalue weighted by Gasteiger charge is -2.36. The largest absolute Gasteiger partial charge is 0.466 e. The van der Waals surface area contributed by atoms with Crippen molar-refractivity contribution < 1.29 is 19.1 Å². The average molecular weight is 429 g/mol. The van der Waals surface area contributed by atoms with Crippen LogP contribution in [0.5, 0.6) is 0 Å². The smallest absolute Gasteiger partial charge is 0.355 e. The lowest BCUT2D eigenvalue weighted by Crippen LogP contribution is -2.41. The summed E-state index contributed by atoms with van der Waals surface area (Å²) in [6, 6.07) is 18.1. The summed E-state index contributed by atoms with van der Waals surface area (Å²) >= 11 is 0. The van der Waals surface area contributed by atoms with Gasteiger partial charge < -0.3 is 15.2 Å². The van der Waals surface area contributed by atoms with Gasteiger partial charge in [-0.2, -0.15) is 5.26 Å². The van der Waals surface area contributed by atoms with Crippen molar-refractivity contribution in [2.45, 2.75) is 12.8 Å². The van der Waals surface area contributed by atoms with Crippen molar-refractivity contribution in [3.8, 4) is 6.07 Å². The molecule has 2 N–H and O–H groups in total. The van der Waals surface area contributed by atoms with E-state index in [4.69, 9.17) is 15.2 Å². The molecule has 0 spiro atoms. The van der Waals surface area contributed by atoms with E-state index in [0.717, 1.165) is 0 Å². The van der Waals surface area contributed by atoms with Crippen LogP contribution >= 0.6 is 0 Å². The monoisotopic (exact) mass is 429 g/mol. The molecule has 1 aliphatic rings. The number of hydrogen-bond donors (Lipinski definition) is 1. The molecule has 0 saturated carbocycles. The van der Waals surface area contributed by atoms with Gasteiger partial charge in [0.2, 0.25) is 0 Å². The SMILES string of the molecule is C=C(C)c1ccccc1N1C(N)=C(C#N)C(c2ccccc2)C(C(=O)OC)=C1C(=O)OC. The predicted octanol–water partition coefficient (Wildman–Crippen LogP) is 3.62. The maximum atomic E-state index is 13.1. The molecule has 2 aromatic rings. The van der Waals surface area contributed by atoms with Gasteiger partial charge in [-0.05, 0) is 24.1 Å². The number of para-hydroxylation sites is 1. The molecule has 1 atom stereocenters. The van der Waals surface area contributed by atoms with Crippen molar-refractivity contribution >= 4 is 23.2 Å². The van der Waals surface area contributed by atoms with Gasteiger partial charge in [0.1, 0.15) is 11.5 Å². The molecule has 0 aliphatic carbocycles. The van der Waals surface area contributed by atoms with Crippen LogP contribution in [0, 0.1) is 11.3 Å². The zero-order valence-corrected chi connectivity index (χ0v) is 18.1. The van der Waals surface area contributed by atoms with Gasteiger partial charge in [-0.3, -0.25) is 4.90 Å². The number of anilines is 1. The number of nitrogens with two attached hydrogens (primary N) is 1. The van der Waals surface area contributed by atoms with Crippen molar-refractivity contribution in [2.24, 2.45) is 5.73 Å². The van der Waals surface area contributed by atoms with E-state index in [9.17, 15) is 14.9 Å². The highest BCUT2D eigenvalue weighted by molar-refractivity contribution is 6.06. The minimum Gasteiger partial charge on any atom is -0.466 e. The van der Waals surface area contributed by atoms with Crippen LogP contribution in [0.1, 0.15) is 24.0 Å². The number of allylic oxidation sites excluding steroid dienone is 2. The van der Waals surface area contributed by atoms with E-state index in [1.54, 1.807) is 36.4 Å². The molecule has 162 valence electrons. The number of nitrogens with zero attached hydrogens (tertiary/aromatic N) is 2. The summed E-state index contributed by atoms with van der Waals surface area (Å²) in [5, 5.41) is 10.1. The van der Waals surface area contributed by atoms with E-state index < -0.39 is 17.9 Å². The van der Waals surface area contributed by atoms with Crippen LogP contribution in [-0.4, -0.2) is 26.2 Å². The summed E-state index contributed by atoms with van der Waals surface area (Å²) in [5.74, 6) is -2.45. The van der Waals surface area contributed by atoms with E-state index in [1.165, 1.54) is 19.1 Å². The molecule has 7 heteroatoms. The molecule has 32 heavy (non-hydrogen) atoms. The van der Waals surface area contributed by atoms with Crippen molar-refractivity contribution in [2.75, 3.05) is 19.1 Å². The molecular weight excluding hydrogens is 406 g/mol. The summed E-state index contributed by atoms with van der Waals surface area (Å²) in [4.78, 5) is 27.5. The summed E-state index contributed by atoms with van der Waals surface area (Å²) < 4.78 is 10.1. The Hall–Kier alpha value is -4.31. The first-order valence-electron chi connectivity index (χ1n) is 9.77. The fourth-order valence-corrected chi connectivity index (χ4v) is 3.79. The fourth-order valence-electron chi connectivity index (χ4n) is 3.79. The second-order valence-electron chi connectivity index (χ2n) is 7.13. The van der Waals surface area contributed by atoms with Gasteiger partial charge in [-0.15, -0.1) is 0 Å². The zero-order chi connectivity index (χ0) is 23.4. The molecule has 1 heterocycles. The average Bonchev–Trinajstić information content (AvgIpc) is 2.82. The Morgan fingerprint density at radius 1 is 1.03 bits per heavy atom. The maximum absolute atomic E-state index is 13.1. The number of hydrogen-bond acceptors (Lipinski definition) is 7. The number of ether oxygens (including phenoxy) is 2. The summed E-state index contributed by atoms with van der Waals surface area (Å²) in [6.45, 7) is 5.80. The van der Waals surface area contributed by atoms with E-state index in [0.29, 0.717) is 22.4 Å². The Morgan fingerprint density at radius 2 is 1.62 bits per heavy atom. The Kier molecular flexibility index (Phi) is 6.45. The second kappa shape index (κ2) is 9.23. The zero-order valence-electron chi connectivity index (χ0n) is 18.1. The van der Waals surface area contributed by atoms with Crippen LogP contribution in [-0.2, 0) is 19.1 Å². The third-order valence-electron chi connectivity index (χ3n) is 5.22. The number of carbonyl (C=O) groups is 2. The number of methoxy groups -OCH3 is 2. The van der Waals surface area contributed by atoms with Gasteiger partial charge in [0.05, 0.1) is 43.0 Å². The molecule has 1 unspecified atom stereocenters. The van der Waals surface area contributed by atoms with Gasteiger partial charge >= 0.3 is 11.9 Å². The molecule has 0 amide bonds. The standard InChI is InChI=1S/C25H23N3O4/c1-15(2)17-12-8-9-13-19(17)28-22(25(30)32-4)21(24(29)31-3)20(18(14-26)23(28)27)16-10-6-5-7-11-16/h5-13,20H,1,27H2,2-4H3. The van der Waals surface area contributed by atoms with Crippen molar-refractivity contribution in [1.29, 1.82) is 5.26 Å². The van der Waals surface area contributed by atoms with Crippen LogP contribution in [0.15, 0.2) is 83.8 Å². The van der Waals surface area contributed by atoms with Gasteiger partial charge in [-0.25, -0.2) is 9.59 Å². The van der Waals surface area contributed by atoms with Gasteiger partial charge in [-0.1, -0.05) is 55.1 Å². The molecule has 0 saturated heterocycles. The Labute approximate surface area is 186 Å². The third-order valence-corrected chi connectivity index (χ3v) is 5.22. The summed E-state index contributed by atoms with van der Waals surface area (Å²) in [7, 11) is 2.43. The summed E-state index contributed by atoms with van der Waals surface area (Å²) in [5.41, 5.74) is 8.97. The van der Waals surface area contributed by atoms with Crippen LogP contribution in [0.25, 0.3) is 5.57 Å². The summed E-state index contributed by atoms with van der Waals surface area (Å²) in [6.07, 6.45) is 0. The number of benzene rings is 2. The maximum Gasteiger partial charge on any atom is 0.355 e. The minimum absolute atomic E-state index is 0.0168. The van der Waals surface area contributed by atoms with Gasteiger partial charge in [0.25, 0.3) is 0 Å². The number of rotatable bonds is 5. The van der Waals surface area contributed by atoms with Crippen LogP contribution < -0.4 is 10.6 Å². The lowest BCUT2D eigenvalue weighted by atomic mass is 9.80. The molecule has 0 bridgehead atoms. The first-order chi connectivity index (χ1) is 15.4. The van der Waals surface area contributed by atoms with E-state index in [2.05, 4.69) is 12.6 Å². The number of carbonyl (C=O) groups excluding carboxylic acids is 2. The predicted molar refractivity (Wildman–Crippen MR) is 121 cm³/mol. The highest BCUT2D eigenvalue weighted by Gasteiger charge is 2.43. The normalized spacial score (nSPS) is 15.8. The molecule has 3 rings (SSSR count). The molecule has 0 radical (unpaired) electrons. The van der Waals surface area contributed by atoms with Crippen molar-refractivity contribution in [1.82, 2.24) is 0 Å². The first-order valence-corrected chi connectivity index (χ1v) is 9.77.